The summed E-state index contributed by atoms with van der Waals surface area (Å²) in [6.07, 6.45) is 4.07. The van der Waals surface area contributed by atoms with Gasteiger partial charge < -0.3 is 31.2 Å². The van der Waals surface area contributed by atoms with E-state index >= 15 is 0 Å². The van der Waals surface area contributed by atoms with Crippen LogP contribution in [0.2, 0.25) is 0 Å². The van der Waals surface area contributed by atoms with Gasteiger partial charge in [-0.1, -0.05) is 19.1 Å². The minimum atomic E-state index is -0.589. The van der Waals surface area contributed by atoms with E-state index in [1.54, 1.807) is 0 Å². The Morgan fingerprint density at radius 3 is 2.54 bits per heavy atom. The number of rotatable bonds is 11. The molecule has 0 aliphatic carbocycles. The van der Waals surface area contributed by atoms with Crippen LogP contribution in [0.4, 0.5) is 11.4 Å². The summed E-state index contributed by atoms with van der Waals surface area (Å²) in [7, 11) is 0. The molecular weight excluding hydrogens is 470 g/mol. The predicted octanol–water partition coefficient (Wildman–Crippen LogP) is 3.81. The third-order valence-corrected chi connectivity index (χ3v) is 6.51. The van der Waals surface area contributed by atoms with E-state index in [-0.39, 0.29) is 17.5 Å². The van der Waals surface area contributed by atoms with Gasteiger partial charge in [0.1, 0.15) is 0 Å². The monoisotopic (exact) mass is 505 g/mol. The SMILES string of the molecule is CCOc1cc2ncc(C(N)=O)c(Nc3cccc(CNC(=O)[C@@H]4CCCN4)c3CC)c2cc1OCC. The fraction of sp³-hybridized carbons (Fsp3) is 0.393. The summed E-state index contributed by atoms with van der Waals surface area (Å²) in [6, 6.07) is 9.40. The van der Waals surface area contributed by atoms with Crippen LogP contribution in [0, 0.1) is 0 Å². The van der Waals surface area contributed by atoms with E-state index in [0.29, 0.717) is 47.8 Å². The number of carbonyl (C=O) groups excluding carboxylic acids is 2. The second-order valence-electron chi connectivity index (χ2n) is 8.88. The maximum absolute atomic E-state index is 12.5. The lowest BCUT2D eigenvalue weighted by Gasteiger charge is -2.20. The van der Waals surface area contributed by atoms with E-state index in [1.165, 1.54) is 6.20 Å². The number of nitrogens with zero attached hydrogens (tertiary/aromatic N) is 1. The van der Waals surface area contributed by atoms with Gasteiger partial charge in [-0.25, -0.2) is 0 Å². The lowest BCUT2D eigenvalue weighted by atomic mass is 10.0. The van der Waals surface area contributed by atoms with Gasteiger partial charge in [0.15, 0.2) is 11.5 Å². The Morgan fingerprint density at radius 2 is 1.89 bits per heavy atom. The molecule has 1 fully saturated rings. The van der Waals surface area contributed by atoms with Crippen molar-refractivity contribution in [2.24, 2.45) is 5.73 Å². The van der Waals surface area contributed by atoms with Gasteiger partial charge in [0.05, 0.1) is 36.0 Å². The predicted molar refractivity (Wildman–Crippen MR) is 145 cm³/mol. The molecule has 2 aromatic carbocycles. The van der Waals surface area contributed by atoms with Crippen molar-refractivity contribution in [2.45, 2.75) is 52.6 Å². The third-order valence-electron chi connectivity index (χ3n) is 6.51. The first-order valence-corrected chi connectivity index (χ1v) is 12.9. The molecule has 3 aromatic rings. The quantitative estimate of drug-likeness (QED) is 0.312. The molecule has 1 aromatic heterocycles. The average molecular weight is 506 g/mol. The van der Waals surface area contributed by atoms with Gasteiger partial charge in [0.25, 0.3) is 5.91 Å². The van der Waals surface area contributed by atoms with Crippen LogP contribution in [-0.4, -0.2) is 42.6 Å². The number of nitrogens with one attached hydrogen (secondary N) is 3. The number of ether oxygens (including phenoxy) is 2. The van der Waals surface area contributed by atoms with E-state index in [1.807, 2.05) is 44.2 Å². The third kappa shape index (κ3) is 5.77. The molecule has 37 heavy (non-hydrogen) atoms. The fourth-order valence-electron chi connectivity index (χ4n) is 4.74. The normalized spacial score (nSPS) is 14.9. The molecule has 5 N–H and O–H groups in total. The first-order valence-electron chi connectivity index (χ1n) is 12.9. The van der Waals surface area contributed by atoms with Crippen LogP contribution in [0.25, 0.3) is 10.9 Å². The molecule has 0 radical (unpaired) electrons. The van der Waals surface area contributed by atoms with Gasteiger partial charge >= 0.3 is 0 Å². The van der Waals surface area contributed by atoms with Crippen molar-refractivity contribution < 1.29 is 19.1 Å². The van der Waals surface area contributed by atoms with E-state index < -0.39 is 5.91 Å². The highest BCUT2D eigenvalue weighted by atomic mass is 16.5. The van der Waals surface area contributed by atoms with Crippen LogP contribution < -0.4 is 31.2 Å². The van der Waals surface area contributed by atoms with Gasteiger partial charge in [-0.05, 0) is 62.9 Å². The molecule has 4 rings (SSSR count). The Morgan fingerprint density at radius 1 is 1.14 bits per heavy atom. The van der Waals surface area contributed by atoms with Crippen LogP contribution in [0.5, 0.6) is 11.5 Å². The smallest absolute Gasteiger partial charge is 0.252 e. The lowest BCUT2D eigenvalue weighted by molar-refractivity contribution is -0.122. The number of nitrogens with two attached hydrogens (primary N) is 1. The summed E-state index contributed by atoms with van der Waals surface area (Å²) in [5.41, 5.74) is 10.1. The molecule has 0 spiro atoms. The standard InChI is InChI=1S/C28H35N5O4/c1-4-18-17(15-32-28(35)22-11-8-12-30-22)9-7-10-21(18)33-26-19-13-24(36-5-2)25(37-6-3)14-23(19)31-16-20(26)27(29)34/h7,9-10,13-14,16,22,30H,4-6,8,11-12,15H2,1-3H3,(H2,29,34)(H,31,33)(H,32,35)/t22-/m0/s1. The molecule has 1 saturated heterocycles. The highest BCUT2D eigenvalue weighted by Crippen LogP contribution is 2.38. The fourth-order valence-corrected chi connectivity index (χ4v) is 4.74. The Bertz CT molecular complexity index is 1290. The molecule has 0 bridgehead atoms. The van der Waals surface area contributed by atoms with E-state index in [4.69, 9.17) is 15.2 Å². The number of benzene rings is 2. The Kier molecular flexibility index (Phi) is 8.45. The van der Waals surface area contributed by atoms with Crippen molar-refractivity contribution in [3.63, 3.8) is 0 Å². The van der Waals surface area contributed by atoms with Crippen LogP contribution in [0.15, 0.2) is 36.5 Å². The van der Waals surface area contributed by atoms with Crippen LogP contribution in [0.3, 0.4) is 0 Å². The number of carbonyl (C=O) groups is 2. The van der Waals surface area contributed by atoms with Gasteiger partial charge in [-0.2, -0.15) is 0 Å². The number of hydrogen-bond acceptors (Lipinski definition) is 7. The lowest BCUT2D eigenvalue weighted by Crippen LogP contribution is -2.40. The topological polar surface area (TPSA) is 128 Å². The number of anilines is 2. The molecule has 2 amide bonds. The Balaban J connectivity index is 1.73. The number of amides is 2. The number of pyridine rings is 1. The number of hydrogen-bond donors (Lipinski definition) is 4. The second kappa shape index (κ2) is 11.9. The molecule has 9 heteroatoms. The summed E-state index contributed by atoms with van der Waals surface area (Å²) in [5.74, 6) is 0.582. The highest BCUT2D eigenvalue weighted by molar-refractivity contribution is 6.08. The zero-order valence-corrected chi connectivity index (χ0v) is 21.6. The maximum atomic E-state index is 12.5. The van der Waals surface area contributed by atoms with Crippen molar-refractivity contribution in [1.29, 1.82) is 0 Å². The zero-order chi connectivity index (χ0) is 26.4. The van der Waals surface area contributed by atoms with Gasteiger partial charge in [0, 0.05) is 29.9 Å². The van der Waals surface area contributed by atoms with Crippen molar-refractivity contribution >= 4 is 34.1 Å². The number of fused-ring (bicyclic) bond motifs is 1. The van der Waals surface area contributed by atoms with Gasteiger partial charge in [-0.15, -0.1) is 0 Å². The average Bonchev–Trinajstić information content (AvgIpc) is 3.43. The molecular formula is C28H35N5O4. The highest BCUT2D eigenvalue weighted by Gasteiger charge is 2.22. The van der Waals surface area contributed by atoms with E-state index in [9.17, 15) is 9.59 Å². The van der Waals surface area contributed by atoms with E-state index in [2.05, 4.69) is 27.9 Å². The molecule has 2 heterocycles. The largest absolute Gasteiger partial charge is 0.490 e. The van der Waals surface area contributed by atoms with Crippen molar-refractivity contribution in [1.82, 2.24) is 15.6 Å². The zero-order valence-electron chi connectivity index (χ0n) is 21.6. The van der Waals surface area contributed by atoms with Crippen molar-refractivity contribution in [3.05, 3.63) is 53.2 Å². The summed E-state index contributed by atoms with van der Waals surface area (Å²) in [6.45, 7) is 8.10. The Labute approximate surface area is 217 Å². The molecule has 0 unspecified atom stereocenters. The minimum Gasteiger partial charge on any atom is -0.490 e. The molecule has 1 aliphatic heterocycles. The molecule has 1 atom stereocenters. The second-order valence-corrected chi connectivity index (χ2v) is 8.88. The summed E-state index contributed by atoms with van der Waals surface area (Å²) < 4.78 is 11.6. The van der Waals surface area contributed by atoms with Crippen molar-refractivity contribution in [3.8, 4) is 11.5 Å². The number of aromatic nitrogens is 1. The van der Waals surface area contributed by atoms with Gasteiger partial charge in [-0.3, -0.25) is 14.6 Å². The van der Waals surface area contributed by atoms with E-state index in [0.717, 1.165) is 42.6 Å². The minimum absolute atomic E-state index is 0.0163. The van der Waals surface area contributed by atoms with Crippen LogP contribution >= 0.6 is 0 Å². The maximum Gasteiger partial charge on any atom is 0.252 e. The van der Waals surface area contributed by atoms with Crippen LogP contribution in [0.1, 0.15) is 55.1 Å². The van der Waals surface area contributed by atoms with Crippen molar-refractivity contribution in [2.75, 3.05) is 25.1 Å². The van der Waals surface area contributed by atoms with Gasteiger partial charge in [0.2, 0.25) is 5.91 Å². The molecule has 1 aliphatic rings. The molecule has 0 saturated carbocycles. The summed E-state index contributed by atoms with van der Waals surface area (Å²) >= 11 is 0. The Hall–Kier alpha value is -3.85. The first kappa shape index (κ1) is 26.2. The number of primary amides is 1. The molecule has 9 nitrogen and oxygen atoms in total. The van der Waals surface area contributed by atoms with Crippen LogP contribution in [-0.2, 0) is 17.8 Å². The summed E-state index contributed by atoms with van der Waals surface area (Å²) in [5, 5.41) is 10.4. The molecule has 196 valence electrons. The summed E-state index contributed by atoms with van der Waals surface area (Å²) in [4.78, 5) is 29.4. The first-order chi connectivity index (χ1) is 18.0.